The van der Waals surface area contributed by atoms with Gasteiger partial charge in [0.2, 0.25) is 0 Å². The monoisotopic (exact) mass is 529 g/mol. The molecule has 3 aromatic carbocycles. The van der Waals surface area contributed by atoms with Gasteiger partial charge in [-0.3, -0.25) is 9.59 Å². The van der Waals surface area contributed by atoms with Crippen molar-refractivity contribution in [2.24, 2.45) is 0 Å². The molecule has 2 N–H and O–H groups in total. The Morgan fingerprint density at radius 1 is 1.05 bits per heavy atom. The smallest absolute Gasteiger partial charge is 0.254 e. The Labute approximate surface area is 225 Å². The average Bonchev–Trinajstić information content (AvgIpc) is 2.92. The van der Waals surface area contributed by atoms with Gasteiger partial charge >= 0.3 is 0 Å². The first-order valence-corrected chi connectivity index (χ1v) is 12.8. The first-order valence-electron chi connectivity index (χ1n) is 11.5. The number of para-hydroxylation sites is 1. The fourth-order valence-corrected chi connectivity index (χ4v) is 5.30. The molecule has 8 heteroatoms. The van der Waals surface area contributed by atoms with Crippen molar-refractivity contribution in [2.45, 2.75) is 12.8 Å². The van der Waals surface area contributed by atoms with Crippen LogP contribution in [0.2, 0.25) is 5.02 Å². The van der Waals surface area contributed by atoms with Gasteiger partial charge in [0.25, 0.3) is 5.91 Å². The Hall–Kier alpha value is -3.99. The minimum absolute atomic E-state index is 0.0946. The number of nitrogens with zero attached hydrogens (tertiary/aromatic N) is 1. The number of hydrogen-bond acceptors (Lipinski definition) is 6. The number of benzene rings is 3. The molecular formula is C29H24ClN3O3S. The molecule has 37 heavy (non-hydrogen) atoms. The average molecular weight is 530 g/mol. The molecule has 1 atom stereocenters. The van der Waals surface area contributed by atoms with Crippen LogP contribution in [0.15, 0.2) is 101 Å². The van der Waals surface area contributed by atoms with Crippen molar-refractivity contribution in [1.82, 2.24) is 5.32 Å². The molecular weight excluding hydrogens is 506 g/mol. The number of carbonyl (C=O) groups excluding carboxylic acids is 2. The highest BCUT2D eigenvalue weighted by molar-refractivity contribution is 8.03. The van der Waals surface area contributed by atoms with E-state index in [9.17, 15) is 14.9 Å². The Morgan fingerprint density at radius 3 is 2.38 bits per heavy atom. The first kappa shape index (κ1) is 26.1. The van der Waals surface area contributed by atoms with E-state index in [0.29, 0.717) is 49.5 Å². The van der Waals surface area contributed by atoms with Crippen LogP contribution < -0.4 is 15.4 Å². The van der Waals surface area contributed by atoms with E-state index < -0.39 is 5.92 Å². The molecule has 1 heterocycles. The topological polar surface area (TPSA) is 91.2 Å². The quantitative estimate of drug-likeness (QED) is 0.333. The number of thioether (sulfide) groups is 1. The lowest BCUT2D eigenvalue weighted by molar-refractivity contribution is -0.113. The van der Waals surface area contributed by atoms with Crippen molar-refractivity contribution in [3.63, 3.8) is 0 Å². The highest BCUT2D eigenvalue weighted by Gasteiger charge is 2.36. The fraction of sp³-hybridized carbons (Fsp3) is 0.138. The summed E-state index contributed by atoms with van der Waals surface area (Å²) in [4.78, 5) is 26.3. The van der Waals surface area contributed by atoms with Gasteiger partial charge in [0, 0.05) is 27.5 Å². The number of rotatable bonds is 8. The summed E-state index contributed by atoms with van der Waals surface area (Å²) < 4.78 is 5.16. The van der Waals surface area contributed by atoms with Gasteiger partial charge in [-0.05, 0) is 55.0 Å². The van der Waals surface area contributed by atoms with E-state index in [2.05, 4.69) is 16.7 Å². The molecule has 0 spiro atoms. The second-order valence-corrected chi connectivity index (χ2v) is 9.63. The van der Waals surface area contributed by atoms with Crippen LogP contribution in [-0.4, -0.2) is 24.6 Å². The van der Waals surface area contributed by atoms with Crippen LogP contribution in [0.5, 0.6) is 5.75 Å². The second kappa shape index (κ2) is 11.8. The zero-order valence-electron chi connectivity index (χ0n) is 20.2. The van der Waals surface area contributed by atoms with E-state index in [1.807, 2.05) is 30.3 Å². The van der Waals surface area contributed by atoms with Crippen molar-refractivity contribution in [3.05, 3.63) is 117 Å². The maximum Gasteiger partial charge on any atom is 0.254 e. The summed E-state index contributed by atoms with van der Waals surface area (Å²) in [5.74, 6) is -0.372. The van der Waals surface area contributed by atoms with Crippen molar-refractivity contribution >= 4 is 40.7 Å². The second-order valence-electron chi connectivity index (χ2n) is 8.23. The molecule has 0 aliphatic carbocycles. The Bertz CT molecular complexity index is 1430. The van der Waals surface area contributed by atoms with E-state index in [0.717, 1.165) is 0 Å². The van der Waals surface area contributed by atoms with Gasteiger partial charge in [0.15, 0.2) is 5.78 Å². The molecule has 0 fully saturated rings. The first-order chi connectivity index (χ1) is 17.9. The van der Waals surface area contributed by atoms with Gasteiger partial charge in [-0.25, -0.2) is 0 Å². The standard InChI is InChI=1S/C29H24ClN3O3S/c1-18-26(28(35)33-20-8-4-3-5-9-20)27(22-10-6-7-11-24(22)30)23(16-31)29(32-18)37-17-25(34)19-12-14-21(36-2)15-13-19/h3-15,27,32H,17H2,1-2H3,(H,33,35). The molecule has 0 saturated carbocycles. The number of nitriles is 1. The van der Waals surface area contributed by atoms with Crippen molar-refractivity contribution in [1.29, 1.82) is 5.26 Å². The van der Waals surface area contributed by atoms with Crippen LogP contribution in [0.25, 0.3) is 0 Å². The Kier molecular flexibility index (Phi) is 8.34. The number of hydrogen-bond donors (Lipinski definition) is 2. The minimum atomic E-state index is -0.706. The SMILES string of the molecule is COc1ccc(C(=O)CSC2=C(C#N)C(c3ccccc3Cl)C(C(=O)Nc3ccccc3)=C(C)N2)cc1. The summed E-state index contributed by atoms with van der Waals surface area (Å²) in [5, 5.41) is 17.3. The highest BCUT2D eigenvalue weighted by Crippen LogP contribution is 2.43. The van der Waals surface area contributed by atoms with Gasteiger partial charge in [0.05, 0.1) is 35.5 Å². The van der Waals surface area contributed by atoms with E-state index in [4.69, 9.17) is 16.3 Å². The summed E-state index contributed by atoms with van der Waals surface area (Å²) in [5.41, 5.74) is 3.11. The largest absolute Gasteiger partial charge is 0.497 e. The lowest BCUT2D eigenvalue weighted by Gasteiger charge is -2.30. The van der Waals surface area contributed by atoms with E-state index >= 15 is 0 Å². The van der Waals surface area contributed by atoms with Crippen LogP contribution in [0.1, 0.15) is 28.8 Å². The lowest BCUT2D eigenvalue weighted by atomic mass is 9.82. The molecule has 1 unspecified atom stereocenters. The molecule has 0 saturated heterocycles. The van der Waals surface area contributed by atoms with Crippen LogP contribution in [0, 0.1) is 11.3 Å². The number of anilines is 1. The Balaban J connectivity index is 1.67. The van der Waals surface area contributed by atoms with Crippen LogP contribution in [0.4, 0.5) is 5.69 Å². The van der Waals surface area contributed by atoms with E-state index in [-0.39, 0.29) is 17.4 Å². The summed E-state index contributed by atoms with van der Waals surface area (Å²) in [6, 6.07) is 25.4. The number of ether oxygens (including phenoxy) is 1. The fourth-order valence-electron chi connectivity index (χ4n) is 4.07. The number of methoxy groups -OCH3 is 1. The van der Waals surface area contributed by atoms with Crippen LogP contribution >= 0.6 is 23.4 Å². The summed E-state index contributed by atoms with van der Waals surface area (Å²) in [6.07, 6.45) is 0. The van der Waals surface area contributed by atoms with Crippen LogP contribution in [-0.2, 0) is 4.79 Å². The van der Waals surface area contributed by atoms with E-state index in [1.54, 1.807) is 62.6 Å². The predicted octanol–water partition coefficient (Wildman–Crippen LogP) is 6.30. The maximum atomic E-state index is 13.5. The van der Waals surface area contributed by atoms with Crippen molar-refractivity contribution in [3.8, 4) is 11.8 Å². The van der Waals surface area contributed by atoms with Crippen molar-refractivity contribution in [2.75, 3.05) is 18.2 Å². The molecule has 1 aliphatic rings. The Morgan fingerprint density at radius 2 is 1.73 bits per heavy atom. The van der Waals surface area contributed by atoms with Gasteiger partial charge < -0.3 is 15.4 Å². The van der Waals surface area contributed by atoms with Gasteiger partial charge in [0.1, 0.15) is 5.75 Å². The number of amides is 1. The third kappa shape index (κ3) is 5.88. The third-order valence-corrected chi connectivity index (χ3v) is 7.26. The molecule has 186 valence electrons. The lowest BCUT2D eigenvalue weighted by Crippen LogP contribution is -2.31. The number of halogens is 1. The summed E-state index contributed by atoms with van der Waals surface area (Å²) >= 11 is 7.78. The molecule has 3 aromatic rings. The highest BCUT2D eigenvalue weighted by atomic mass is 35.5. The number of ketones is 1. The number of nitrogens with one attached hydrogen (secondary N) is 2. The van der Waals surface area contributed by atoms with Crippen LogP contribution in [0.3, 0.4) is 0 Å². The zero-order valence-corrected chi connectivity index (χ0v) is 21.8. The summed E-state index contributed by atoms with van der Waals surface area (Å²) in [7, 11) is 1.57. The normalized spacial score (nSPS) is 15.0. The van der Waals surface area contributed by atoms with E-state index in [1.165, 1.54) is 11.8 Å². The molecule has 0 radical (unpaired) electrons. The molecule has 4 rings (SSSR count). The maximum absolute atomic E-state index is 13.5. The third-order valence-electron chi connectivity index (χ3n) is 5.90. The predicted molar refractivity (Wildman–Crippen MR) is 148 cm³/mol. The number of carbonyl (C=O) groups is 2. The van der Waals surface area contributed by atoms with Gasteiger partial charge in [-0.2, -0.15) is 5.26 Å². The molecule has 1 aliphatic heterocycles. The molecule has 0 aromatic heterocycles. The van der Waals surface area contributed by atoms with Crippen molar-refractivity contribution < 1.29 is 14.3 Å². The number of allylic oxidation sites excluding steroid dienone is 2. The number of Topliss-reactive ketones (excluding diaryl/α,β-unsaturated/α-hetero) is 1. The summed E-state index contributed by atoms with van der Waals surface area (Å²) in [6.45, 7) is 1.78. The van der Waals surface area contributed by atoms with Gasteiger partial charge in [-0.15, -0.1) is 0 Å². The number of dihydropyridines is 1. The molecule has 6 nitrogen and oxygen atoms in total. The van der Waals surface area contributed by atoms with Gasteiger partial charge in [-0.1, -0.05) is 59.8 Å². The molecule has 0 bridgehead atoms. The zero-order chi connectivity index (χ0) is 26.4. The minimum Gasteiger partial charge on any atom is -0.497 e. The molecule has 1 amide bonds.